The van der Waals surface area contributed by atoms with E-state index in [1.807, 2.05) is 41.0 Å². The van der Waals surface area contributed by atoms with Crippen LogP contribution in [0.4, 0.5) is 0 Å². The number of pyridine rings is 1. The molecule has 1 saturated heterocycles. The lowest BCUT2D eigenvalue weighted by molar-refractivity contribution is 0.0384. The minimum absolute atomic E-state index is 0.108. The SMILES string of the molecule is O=c1cccc2n1C[C@H]1C[C@@H]2CN(C[C@H](O)COc2ccccc2)C1. The van der Waals surface area contributed by atoms with Crippen molar-refractivity contribution in [3.63, 3.8) is 0 Å². The van der Waals surface area contributed by atoms with Gasteiger partial charge in [-0.25, -0.2) is 0 Å². The van der Waals surface area contributed by atoms with E-state index in [0.29, 0.717) is 25.0 Å². The Labute approximate surface area is 147 Å². The molecule has 1 fully saturated rings. The third-order valence-electron chi connectivity index (χ3n) is 5.21. The van der Waals surface area contributed by atoms with E-state index in [1.165, 1.54) is 0 Å². The number of benzene rings is 1. The van der Waals surface area contributed by atoms with Gasteiger partial charge in [0, 0.05) is 43.9 Å². The summed E-state index contributed by atoms with van der Waals surface area (Å²) in [7, 11) is 0. The van der Waals surface area contributed by atoms with E-state index in [0.717, 1.165) is 37.5 Å². The topological polar surface area (TPSA) is 54.7 Å². The summed E-state index contributed by atoms with van der Waals surface area (Å²) < 4.78 is 7.59. The Balaban J connectivity index is 1.36. The molecular formula is C20H24N2O3. The van der Waals surface area contributed by atoms with Crippen LogP contribution >= 0.6 is 0 Å². The molecule has 0 amide bonds. The van der Waals surface area contributed by atoms with Crippen LogP contribution in [-0.2, 0) is 6.54 Å². The van der Waals surface area contributed by atoms with Crippen LogP contribution < -0.4 is 10.3 Å². The number of rotatable bonds is 5. The summed E-state index contributed by atoms with van der Waals surface area (Å²) in [5.41, 5.74) is 1.25. The predicted molar refractivity (Wildman–Crippen MR) is 95.9 cm³/mol. The van der Waals surface area contributed by atoms with Crippen molar-refractivity contribution in [2.45, 2.75) is 25.0 Å². The van der Waals surface area contributed by atoms with Gasteiger partial charge in [0.15, 0.2) is 0 Å². The van der Waals surface area contributed by atoms with E-state index in [4.69, 9.17) is 4.74 Å². The fourth-order valence-corrected chi connectivity index (χ4v) is 4.20. The normalized spacial score (nSPS) is 23.7. The second-order valence-corrected chi connectivity index (χ2v) is 7.19. The molecule has 2 aromatic rings. The van der Waals surface area contributed by atoms with Gasteiger partial charge in [-0.1, -0.05) is 24.3 Å². The summed E-state index contributed by atoms with van der Waals surface area (Å²) in [5.74, 6) is 1.64. The number of aliphatic hydroxyl groups excluding tert-OH is 1. The van der Waals surface area contributed by atoms with E-state index >= 15 is 0 Å². The first kappa shape index (κ1) is 16.4. The van der Waals surface area contributed by atoms with E-state index < -0.39 is 6.10 Å². The first-order chi connectivity index (χ1) is 12.2. The van der Waals surface area contributed by atoms with E-state index in [-0.39, 0.29) is 5.56 Å². The Bertz CT molecular complexity index is 774. The smallest absolute Gasteiger partial charge is 0.250 e. The molecule has 1 N–H and O–H groups in total. The van der Waals surface area contributed by atoms with Crippen molar-refractivity contribution in [2.24, 2.45) is 5.92 Å². The largest absolute Gasteiger partial charge is 0.491 e. The molecule has 4 rings (SSSR count). The molecule has 0 saturated carbocycles. The van der Waals surface area contributed by atoms with Crippen molar-refractivity contribution < 1.29 is 9.84 Å². The highest BCUT2D eigenvalue weighted by Gasteiger charge is 2.34. The maximum absolute atomic E-state index is 12.1. The predicted octanol–water partition coefficient (Wildman–Crippen LogP) is 1.71. The molecule has 2 aliphatic heterocycles. The zero-order chi connectivity index (χ0) is 17.2. The summed E-state index contributed by atoms with van der Waals surface area (Å²) in [6, 6.07) is 15.2. The first-order valence-corrected chi connectivity index (χ1v) is 8.97. The average molecular weight is 340 g/mol. The standard InChI is InChI=1S/C20H24N2O3/c23-17(14-25-18-5-2-1-3-6-18)13-21-10-15-9-16(12-21)19-7-4-8-20(24)22(19)11-15/h1-8,15-17,23H,9-14H2/t15-,16+,17-/m0/s1. The molecule has 2 aliphatic rings. The lowest BCUT2D eigenvalue weighted by Crippen LogP contribution is -2.49. The van der Waals surface area contributed by atoms with Crippen LogP contribution in [0, 0.1) is 5.92 Å². The number of aliphatic hydroxyl groups is 1. The molecule has 0 aliphatic carbocycles. The maximum atomic E-state index is 12.1. The van der Waals surface area contributed by atoms with Crippen LogP contribution in [0.3, 0.4) is 0 Å². The van der Waals surface area contributed by atoms with Gasteiger partial charge in [-0.15, -0.1) is 0 Å². The molecule has 0 unspecified atom stereocenters. The van der Waals surface area contributed by atoms with Crippen molar-refractivity contribution in [1.29, 1.82) is 0 Å². The fraction of sp³-hybridized carbons (Fsp3) is 0.450. The van der Waals surface area contributed by atoms with Crippen LogP contribution in [0.15, 0.2) is 53.3 Å². The first-order valence-electron chi connectivity index (χ1n) is 8.97. The van der Waals surface area contributed by atoms with Gasteiger partial charge in [-0.3, -0.25) is 9.69 Å². The van der Waals surface area contributed by atoms with Crippen LogP contribution in [-0.4, -0.2) is 46.9 Å². The van der Waals surface area contributed by atoms with Gasteiger partial charge >= 0.3 is 0 Å². The second kappa shape index (κ2) is 7.02. The number of aromatic nitrogens is 1. The molecule has 25 heavy (non-hydrogen) atoms. The monoisotopic (exact) mass is 340 g/mol. The zero-order valence-electron chi connectivity index (χ0n) is 14.3. The molecule has 1 aromatic carbocycles. The van der Waals surface area contributed by atoms with Gasteiger partial charge in [-0.2, -0.15) is 0 Å². The summed E-state index contributed by atoms with van der Waals surface area (Å²) in [5, 5.41) is 10.3. The highest BCUT2D eigenvalue weighted by atomic mass is 16.5. The summed E-state index contributed by atoms with van der Waals surface area (Å²) >= 11 is 0. The van der Waals surface area contributed by atoms with Crippen molar-refractivity contribution in [3.05, 3.63) is 64.6 Å². The quantitative estimate of drug-likeness (QED) is 0.900. The zero-order valence-corrected chi connectivity index (χ0v) is 14.3. The van der Waals surface area contributed by atoms with E-state index in [9.17, 15) is 9.90 Å². The number of para-hydroxylation sites is 1. The van der Waals surface area contributed by atoms with E-state index in [2.05, 4.69) is 11.0 Å². The Kier molecular flexibility index (Phi) is 4.59. The number of β-amino-alcohol motifs (C(OH)–C–C–N with tert-alkyl or cyclic N) is 1. The molecule has 5 nitrogen and oxygen atoms in total. The van der Waals surface area contributed by atoms with E-state index in [1.54, 1.807) is 6.07 Å². The lowest BCUT2D eigenvalue weighted by atomic mass is 9.83. The maximum Gasteiger partial charge on any atom is 0.250 e. The number of piperidine rings is 1. The van der Waals surface area contributed by atoms with Gasteiger partial charge in [0.1, 0.15) is 18.5 Å². The highest BCUT2D eigenvalue weighted by molar-refractivity contribution is 5.21. The third kappa shape index (κ3) is 3.62. The fourth-order valence-electron chi connectivity index (χ4n) is 4.20. The molecule has 3 heterocycles. The second-order valence-electron chi connectivity index (χ2n) is 7.19. The molecule has 132 valence electrons. The van der Waals surface area contributed by atoms with Crippen LogP contribution in [0.2, 0.25) is 0 Å². The number of fused-ring (bicyclic) bond motifs is 4. The highest BCUT2D eigenvalue weighted by Crippen LogP contribution is 2.34. The minimum atomic E-state index is -0.517. The van der Waals surface area contributed by atoms with Gasteiger partial charge in [0.25, 0.3) is 5.56 Å². The van der Waals surface area contributed by atoms with Gasteiger partial charge < -0.3 is 14.4 Å². The van der Waals surface area contributed by atoms with Crippen LogP contribution in [0.1, 0.15) is 18.0 Å². The number of nitrogens with zero attached hydrogens (tertiary/aromatic N) is 2. The molecule has 5 heteroatoms. The average Bonchev–Trinajstić information content (AvgIpc) is 2.62. The Morgan fingerprint density at radius 3 is 2.76 bits per heavy atom. The Hall–Kier alpha value is -2.11. The molecule has 0 radical (unpaired) electrons. The minimum Gasteiger partial charge on any atom is -0.491 e. The van der Waals surface area contributed by atoms with Crippen LogP contribution in [0.25, 0.3) is 0 Å². The van der Waals surface area contributed by atoms with Gasteiger partial charge in [0.05, 0.1) is 0 Å². The molecule has 2 bridgehead atoms. The number of ether oxygens (including phenoxy) is 1. The number of hydrogen-bond donors (Lipinski definition) is 1. The summed E-state index contributed by atoms with van der Waals surface area (Å²) in [6.45, 7) is 3.52. The molecule has 1 aromatic heterocycles. The van der Waals surface area contributed by atoms with Gasteiger partial charge in [0.2, 0.25) is 0 Å². The van der Waals surface area contributed by atoms with Gasteiger partial charge in [-0.05, 0) is 30.5 Å². The third-order valence-corrected chi connectivity index (χ3v) is 5.21. The lowest BCUT2D eigenvalue weighted by Gasteiger charge is -2.43. The van der Waals surface area contributed by atoms with Crippen molar-refractivity contribution in [1.82, 2.24) is 9.47 Å². The van der Waals surface area contributed by atoms with Crippen molar-refractivity contribution in [3.8, 4) is 5.75 Å². The van der Waals surface area contributed by atoms with Crippen molar-refractivity contribution >= 4 is 0 Å². The molecular weight excluding hydrogens is 316 g/mol. The van der Waals surface area contributed by atoms with Crippen molar-refractivity contribution in [2.75, 3.05) is 26.2 Å². The summed E-state index contributed by atoms with van der Waals surface area (Å²) in [6.07, 6.45) is 0.619. The number of likely N-dealkylation sites (tertiary alicyclic amines) is 1. The summed E-state index contributed by atoms with van der Waals surface area (Å²) in [4.78, 5) is 14.4. The molecule has 3 atom stereocenters. The number of hydrogen-bond acceptors (Lipinski definition) is 4. The Morgan fingerprint density at radius 2 is 1.92 bits per heavy atom. The van der Waals surface area contributed by atoms with Crippen LogP contribution in [0.5, 0.6) is 5.75 Å². The molecule has 0 spiro atoms. The Morgan fingerprint density at radius 1 is 1.08 bits per heavy atom.